The average Bonchev–Trinajstić information content (AvgIpc) is 3.17. The molecule has 158 valence electrons. The molecular weight excluding hydrogens is 389 g/mol. The summed E-state index contributed by atoms with van der Waals surface area (Å²) >= 11 is 0. The molecular formula is C22H24FN3O4. The number of nitrogens with one attached hydrogen (secondary N) is 2. The number of benzene rings is 2. The predicted octanol–water partition coefficient (Wildman–Crippen LogP) is 2.57. The van der Waals surface area contributed by atoms with Crippen molar-refractivity contribution < 1.29 is 23.5 Å². The Labute approximate surface area is 174 Å². The van der Waals surface area contributed by atoms with E-state index >= 15 is 0 Å². The van der Waals surface area contributed by atoms with Crippen LogP contribution in [-0.4, -0.2) is 37.9 Å². The van der Waals surface area contributed by atoms with Crippen molar-refractivity contribution in [1.29, 1.82) is 0 Å². The molecule has 0 bridgehead atoms. The number of carbonyl (C=O) groups excluding carboxylic acids is 3. The van der Waals surface area contributed by atoms with Crippen molar-refractivity contribution in [3.05, 3.63) is 59.4 Å². The summed E-state index contributed by atoms with van der Waals surface area (Å²) in [4.78, 5) is 37.9. The lowest BCUT2D eigenvalue weighted by atomic mass is 10.1. The molecule has 2 aromatic rings. The van der Waals surface area contributed by atoms with Crippen LogP contribution in [0.1, 0.15) is 41.7 Å². The minimum Gasteiger partial charge on any atom is -0.494 e. The minimum atomic E-state index is -0.511. The van der Waals surface area contributed by atoms with Crippen molar-refractivity contribution in [2.24, 2.45) is 0 Å². The molecule has 1 heterocycles. The highest BCUT2D eigenvalue weighted by Crippen LogP contribution is 2.22. The number of carbonyl (C=O) groups is 3. The van der Waals surface area contributed by atoms with Crippen LogP contribution in [0.3, 0.4) is 0 Å². The molecule has 2 aromatic carbocycles. The second-order valence-electron chi connectivity index (χ2n) is 7.06. The highest BCUT2D eigenvalue weighted by Gasteiger charge is 2.21. The van der Waals surface area contributed by atoms with E-state index in [4.69, 9.17) is 4.74 Å². The van der Waals surface area contributed by atoms with Crippen molar-refractivity contribution in [2.75, 3.05) is 25.1 Å². The van der Waals surface area contributed by atoms with E-state index in [1.165, 1.54) is 19.2 Å². The third-order valence-electron chi connectivity index (χ3n) is 4.98. The number of ether oxygens (including phenoxy) is 1. The predicted molar refractivity (Wildman–Crippen MR) is 110 cm³/mol. The van der Waals surface area contributed by atoms with Gasteiger partial charge in [0, 0.05) is 24.2 Å². The van der Waals surface area contributed by atoms with Gasteiger partial charge in [-0.05, 0) is 55.3 Å². The Morgan fingerprint density at radius 1 is 1.20 bits per heavy atom. The largest absolute Gasteiger partial charge is 0.494 e. The number of hydrogen-bond donors (Lipinski definition) is 2. The number of amides is 3. The van der Waals surface area contributed by atoms with Crippen LogP contribution < -0.4 is 20.3 Å². The van der Waals surface area contributed by atoms with Crippen LogP contribution in [0, 0.1) is 5.82 Å². The first-order valence-corrected chi connectivity index (χ1v) is 9.70. The molecule has 1 aliphatic rings. The van der Waals surface area contributed by atoms with Crippen molar-refractivity contribution in [2.45, 2.75) is 25.8 Å². The summed E-state index contributed by atoms with van der Waals surface area (Å²) in [5.74, 6) is -1.10. The number of nitrogens with zero attached hydrogens (tertiary/aromatic N) is 1. The molecule has 3 amide bonds. The van der Waals surface area contributed by atoms with Gasteiger partial charge in [-0.3, -0.25) is 14.4 Å². The third-order valence-corrected chi connectivity index (χ3v) is 4.98. The van der Waals surface area contributed by atoms with Gasteiger partial charge in [0.15, 0.2) is 11.6 Å². The van der Waals surface area contributed by atoms with Crippen LogP contribution in [0.25, 0.3) is 0 Å². The third kappa shape index (κ3) is 4.94. The van der Waals surface area contributed by atoms with Gasteiger partial charge in [-0.2, -0.15) is 0 Å². The van der Waals surface area contributed by atoms with E-state index < -0.39 is 23.7 Å². The normalized spacial score (nSPS) is 14.4. The fourth-order valence-electron chi connectivity index (χ4n) is 3.30. The van der Waals surface area contributed by atoms with E-state index in [9.17, 15) is 18.8 Å². The molecule has 1 atom stereocenters. The minimum absolute atomic E-state index is 0.0785. The van der Waals surface area contributed by atoms with E-state index in [1.54, 1.807) is 42.2 Å². The smallest absolute Gasteiger partial charge is 0.251 e. The maximum Gasteiger partial charge on any atom is 0.251 e. The zero-order valence-electron chi connectivity index (χ0n) is 16.9. The number of halogens is 1. The summed E-state index contributed by atoms with van der Waals surface area (Å²) in [5.41, 5.74) is 1.73. The molecule has 0 aromatic heterocycles. The molecule has 0 saturated carbocycles. The fraction of sp³-hybridized carbons (Fsp3) is 0.318. The van der Waals surface area contributed by atoms with E-state index in [2.05, 4.69) is 10.6 Å². The molecule has 1 saturated heterocycles. The SMILES string of the molecule is COc1ccc(C(C)NC(=O)CNC(=O)c2ccc(N3CCCC3=O)cc2)cc1F. The number of hydrogen-bond acceptors (Lipinski definition) is 4. The molecule has 1 aliphatic heterocycles. The molecule has 0 aliphatic carbocycles. The molecule has 1 fully saturated rings. The summed E-state index contributed by atoms with van der Waals surface area (Å²) in [6, 6.07) is 10.7. The lowest BCUT2D eigenvalue weighted by molar-refractivity contribution is -0.120. The van der Waals surface area contributed by atoms with Crippen LogP contribution in [0.15, 0.2) is 42.5 Å². The highest BCUT2D eigenvalue weighted by molar-refractivity contribution is 5.98. The maximum atomic E-state index is 13.8. The monoisotopic (exact) mass is 413 g/mol. The first-order chi connectivity index (χ1) is 14.4. The number of methoxy groups -OCH3 is 1. The highest BCUT2D eigenvalue weighted by atomic mass is 19.1. The van der Waals surface area contributed by atoms with Crippen molar-refractivity contribution >= 4 is 23.4 Å². The van der Waals surface area contributed by atoms with Gasteiger partial charge < -0.3 is 20.3 Å². The lowest BCUT2D eigenvalue weighted by Crippen LogP contribution is -2.38. The topological polar surface area (TPSA) is 87.7 Å². The maximum absolute atomic E-state index is 13.8. The number of rotatable bonds is 7. The van der Waals surface area contributed by atoms with Crippen LogP contribution >= 0.6 is 0 Å². The van der Waals surface area contributed by atoms with Gasteiger partial charge in [-0.1, -0.05) is 6.07 Å². The van der Waals surface area contributed by atoms with E-state index in [1.807, 2.05) is 0 Å². The van der Waals surface area contributed by atoms with Crippen molar-refractivity contribution in [3.63, 3.8) is 0 Å². The zero-order valence-corrected chi connectivity index (χ0v) is 16.9. The molecule has 2 N–H and O–H groups in total. The van der Waals surface area contributed by atoms with E-state index in [0.29, 0.717) is 24.1 Å². The van der Waals surface area contributed by atoms with Gasteiger partial charge in [-0.25, -0.2) is 4.39 Å². The molecule has 30 heavy (non-hydrogen) atoms. The Hall–Kier alpha value is -3.42. The lowest BCUT2D eigenvalue weighted by Gasteiger charge is -2.16. The molecule has 7 nitrogen and oxygen atoms in total. The standard InChI is InChI=1S/C22H24FN3O4/c1-14(16-7-10-19(30-2)18(23)12-16)25-20(27)13-24-22(29)15-5-8-17(9-6-15)26-11-3-4-21(26)28/h5-10,12,14H,3-4,11,13H2,1-2H3,(H,24,29)(H,25,27). The summed E-state index contributed by atoms with van der Waals surface area (Å²) in [6.07, 6.45) is 1.37. The van der Waals surface area contributed by atoms with Crippen LogP contribution in [0.4, 0.5) is 10.1 Å². The Balaban J connectivity index is 1.51. The van der Waals surface area contributed by atoms with Crippen LogP contribution in [-0.2, 0) is 9.59 Å². The molecule has 0 spiro atoms. The van der Waals surface area contributed by atoms with E-state index in [-0.39, 0.29) is 18.2 Å². The van der Waals surface area contributed by atoms with Crippen LogP contribution in [0.5, 0.6) is 5.75 Å². The van der Waals surface area contributed by atoms with Gasteiger partial charge >= 0.3 is 0 Å². The second-order valence-corrected chi connectivity index (χ2v) is 7.06. The van der Waals surface area contributed by atoms with Gasteiger partial charge in [0.2, 0.25) is 11.8 Å². The molecule has 0 radical (unpaired) electrons. The van der Waals surface area contributed by atoms with Gasteiger partial charge in [0.1, 0.15) is 0 Å². The average molecular weight is 413 g/mol. The summed E-state index contributed by atoms with van der Waals surface area (Å²) in [5, 5.41) is 5.27. The first kappa shape index (κ1) is 21.3. The first-order valence-electron chi connectivity index (χ1n) is 9.70. The van der Waals surface area contributed by atoms with Crippen molar-refractivity contribution in [1.82, 2.24) is 10.6 Å². The fourth-order valence-corrected chi connectivity index (χ4v) is 3.30. The van der Waals surface area contributed by atoms with Crippen LogP contribution in [0.2, 0.25) is 0 Å². The van der Waals surface area contributed by atoms with Gasteiger partial charge in [0.25, 0.3) is 5.91 Å². The van der Waals surface area contributed by atoms with Gasteiger partial charge in [-0.15, -0.1) is 0 Å². The second kappa shape index (κ2) is 9.39. The Bertz CT molecular complexity index is 946. The number of anilines is 1. The molecule has 8 heteroatoms. The summed E-state index contributed by atoms with van der Waals surface area (Å²) in [6.45, 7) is 2.19. The quantitative estimate of drug-likeness (QED) is 0.730. The van der Waals surface area contributed by atoms with E-state index in [0.717, 1.165) is 12.1 Å². The summed E-state index contributed by atoms with van der Waals surface area (Å²) in [7, 11) is 1.38. The zero-order chi connectivity index (χ0) is 21.7. The Kier molecular flexibility index (Phi) is 6.66. The Morgan fingerprint density at radius 2 is 1.93 bits per heavy atom. The molecule has 3 rings (SSSR count). The Morgan fingerprint density at radius 3 is 2.53 bits per heavy atom. The molecule has 1 unspecified atom stereocenters. The van der Waals surface area contributed by atoms with Gasteiger partial charge in [0.05, 0.1) is 19.7 Å². The van der Waals surface area contributed by atoms with Crippen molar-refractivity contribution in [3.8, 4) is 5.75 Å². The summed E-state index contributed by atoms with van der Waals surface area (Å²) < 4.78 is 18.7.